The van der Waals surface area contributed by atoms with E-state index in [1.165, 1.54) is 0 Å². The van der Waals surface area contributed by atoms with Crippen LogP contribution in [-0.2, 0) is 0 Å². The van der Waals surface area contributed by atoms with Crippen molar-refractivity contribution in [2.45, 2.75) is 6.92 Å². The van der Waals surface area contributed by atoms with Gasteiger partial charge < -0.3 is 5.32 Å². The van der Waals surface area contributed by atoms with E-state index in [9.17, 15) is 8.78 Å². The van der Waals surface area contributed by atoms with Crippen LogP contribution in [0.2, 0.25) is 0 Å². The molecule has 1 nitrogen and oxygen atoms in total. The van der Waals surface area contributed by atoms with Crippen LogP contribution in [-0.4, -0.2) is 6.54 Å². The Kier molecular flexibility index (Phi) is 4.07. The van der Waals surface area contributed by atoms with Crippen molar-refractivity contribution in [1.29, 1.82) is 0 Å². The largest absolute Gasteiger partial charge is 0.380 e. The molecule has 0 aliphatic heterocycles. The van der Waals surface area contributed by atoms with Gasteiger partial charge in [-0.25, -0.2) is 0 Å². The number of aryl methyl sites for hydroxylation is 1. The molecule has 1 N–H and O–H groups in total. The first-order valence-corrected chi connectivity index (χ1v) is 4.90. The third-order valence-corrected chi connectivity index (χ3v) is 2.36. The molecule has 0 amide bonds. The van der Waals surface area contributed by atoms with E-state index in [-0.39, 0.29) is 6.54 Å². The summed E-state index contributed by atoms with van der Waals surface area (Å²) in [5.41, 5.74) is 1.91. The Bertz CT molecular complexity index is 346. The van der Waals surface area contributed by atoms with E-state index in [0.29, 0.717) is 0 Å². The van der Waals surface area contributed by atoms with Crippen LogP contribution >= 0.6 is 15.9 Å². The van der Waals surface area contributed by atoms with Crippen LogP contribution in [0.3, 0.4) is 0 Å². The van der Waals surface area contributed by atoms with Gasteiger partial charge in [-0.05, 0) is 40.5 Å². The fourth-order valence-electron chi connectivity index (χ4n) is 1.01. The minimum absolute atomic E-state index is 0.129. The van der Waals surface area contributed by atoms with Crippen LogP contribution in [0.15, 0.2) is 34.8 Å². The Hall–Kier alpha value is -0.900. The van der Waals surface area contributed by atoms with E-state index in [2.05, 4.69) is 21.2 Å². The van der Waals surface area contributed by atoms with Gasteiger partial charge in [-0.2, -0.15) is 8.78 Å². The number of anilines is 1. The zero-order valence-corrected chi connectivity index (χ0v) is 9.24. The van der Waals surface area contributed by atoms with Crippen LogP contribution in [0.5, 0.6) is 0 Å². The fourth-order valence-corrected chi connectivity index (χ4v) is 1.40. The molecule has 0 radical (unpaired) electrons. The highest BCUT2D eigenvalue weighted by Crippen LogP contribution is 2.23. The molecule has 4 heteroatoms. The lowest BCUT2D eigenvalue weighted by atomic mass is 10.2. The lowest BCUT2D eigenvalue weighted by Crippen LogP contribution is -1.99. The molecule has 0 unspecified atom stereocenters. The molecule has 0 saturated heterocycles. The van der Waals surface area contributed by atoms with Gasteiger partial charge in [0.1, 0.15) is 0 Å². The normalized spacial score (nSPS) is 9.71. The number of hydrogen-bond donors (Lipinski definition) is 1. The highest BCUT2D eigenvalue weighted by molar-refractivity contribution is 9.10. The van der Waals surface area contributed by atoms with Crippen LogP contribution < -0.4 is 5.32 Å². The summed E-state index contributed by atoms with van der Waals surface area (Å²) < 4.78 is 24.3. The van der Waals surface area contributed by atoms with Crippen molar-refractivity contribution in [2.75, 3.05) is 11.9 Å². The van der Waals surface area contributed by atoms with Gasteiger partial charge >= 0.3 is 0 Å². The quantitative estimate of drug-likeness (QED) is 0.869. The lowest BCUT2D eigenvalue weighted by molar-refractivity contribution is 0.419. The van der Waals surface area contributed by atoms with Gasteiger partial charge in [0.05, 0.1) is 0 Å². The molecule has 76 valence electrons. The lowest BCUT2D eigenvalue weighted by Gasteiger charge is -2.06. The third kappa shape index (κ3) is 3.46. The van der Waals surface area contributed by atoms with Gasteiger partial charge in [0, 0.05) is 22.8 Å². The van der Waals surface area contributed by atoms with E-state index in [0.717, 1.165) is 21.8 Å². The predicted octanol–water partition coefficient (Wildman–Crippen LogP) is 3.95. The summed E-state index contributed by atoms with van der Waals surface area (Å²) in [7, 11) is 0. The van der Waals surface area contributed by atoms with Gasteiger partial charge in [-0.15, -0.1) is 0 Å². The highest BCUT2D eigenvalue weighted by Gasteiger charge is 1.98. The van der Waals surface area contributed by atoms with Crippen molar-refractivity contribution < 1.29 is 8.78 Å². The maximum absolute atomic E-state index is 11.7. The molecule has 0 aliphatic rings. The summed E-state index contributed by atoms with van der Waals surface area (Å²) in [6, 6.07) is 5.72. The van der Waals surface area contributed by atoms with Crippen LogP contribution in [0.4, 0.5) is 14.5 Å². The molecule has 0 fully saturated rings. The number of rotatable bonds is 3. The first-order valence-electron chi connectivity index (χ1n) is 4.11. The maximum atomic E-state index is 11.7. The third-order valence-electron chi connectivity index (χ3n) is 1.67. The molecule has 1 aromatic carbocycles. The smallest absolute Gasteiger partial charge is 0.268 e. The number of nitrogens with one attached hydrogen (secondary N) is 1. The monoisotopic (exact) mass is 261 g/mol. The minimum atomic E-state index is -1.67. The second-order valence-corrected chi connectivity index (χ2v) is 3.71. The zero-order chi connectivity index (χ0) is 10.6. The van der Waals surface area contributed by atoms with Crippen molar-refractivity contribution in [3.63, 3.8) is 0 Å². The number of benzene rings is 1. The second-order valence-electron chi connectivity index (χ2n) is 2.86. The van der Waals surface area contributed by atoms with Crippen LogP contribution in [0, 0.1) is 6.92 Å². The Morgan fingerprint density at radius 1 is 1.50 bits per heavy atom. The predicted molar refractivity (Wildman–Crippen MR) is 57.7 cm³/mol. The Morgan fingerprint density at radius 3 is 2.86 bits per heavy atom. The summed E-state index contributed by atoms with van der Waals surface area (Å²) in [6.07, 6.45) is -0.823. The summed E-state index contributed by atoms with van der Waals surface area (Å²) >= 11 is 3.33. The van der Waals surface area contributed by atoms with Gasteiger partial charge in [0.15, 0.2) is 0 Å². The topological polar surface area (TPSA) is 12.0 Å². The van der Waals surface area contributed by atoms with Gasteiger partial charge in [-0.3, -0.25) is 0 Å². The van der Waals surface area contributed by atoms with E-state index in [1.807, 2.05) is 25.1 Å². The highest BCUT2D eigenvalue weighted by atomic mass is 79.9. The molecule has 0 atom stereocenters. The molecular weight excluding hydrogens is 252 g/mol. The molecule has 0 aromatic heterocycles. The molecule has 14 heavy (non-hydrogen) atoms. The molecule has 1 rings (SSSR count). The van der Waals surface area contributed by atoms with Crippen LogP contribution in [0.1, 0.15) is 5.56 Å². The van der Waals surface area contributed by atoms with Crippen molar-refractivity contribution >= 4 is 21.6 Å². The Labute approximate surface area is 90.0 Å². The molecule has 1 aromatic rings. The number of halogens is 3. The van der Waals surface area contributed by atoms with E-state index < -0.39 is 6.08 Å². The fraction of sp³-hybridized carbons (Fsp3) is 0.200. The summed E-state index contributed by atoms with van der Waals surface area (Å²) in [4.78, 5) is 0. The van der Waals surface area contributed by atoms with Crippen molar-refractivity contribution in [2.24, 2.45) is 0 Å². The Balaban J connectivity index is 2.67. The standard InChI is InChI=1S/C10H10BrF2N/c1-7-2-3-8(11)9(6-7)14-5-4-10(12)13/h2-4,6,14H,5H2,1H3. The van der Waals surface area contributed by atoms with Gasteiger partial charge in [0.25, 0.3) is 6.08 Å². The number of hydrogen-bond acceptors (Lipinski definition) is 1. The zero-order valence-electron chi connectivity index (χ0n) is 7.65. The first-order chi connectivity index (χ1) is 6.59. The van der Waals surface area contributed by atoms with E-state index in [1.54, 1.807) is 0 Å². The second kappa shape index (κ2) is 5.10. The van der Waals surface area contributed by atoms with Crippen molar-refractivity contribution in [3.05, 3.63) is 40.4 Å². The minimum Gasteiger partial charge on any atom is -0.380 e. The summed E-state index contributed by atoms with van der Waals surface area (Å²) in [5.74, 6) is 0. The maximum Gasteiger partial charge on any atom is 0.268 e. The van der Waals surface area contributed by atoms with E-state index >= 15 is 0 Å². The molecule has 0 spiro atoms. The SMILES string of the molecule is Cc1ccc(Br)c(NCC=C(F)F)c1. The van der Waals surface area contributed by atoms with E-state index in [4.69, 9.17) is 0 Å². The summed E-state index contributed by atoms with van der Waals surface area (Å²) in [6.45, 7) is 2.08. The molecule has 0 heterocycles. The average Bonchev–Trinajstić information content (AvgIpc) is 2.10. The molecule has 0 saturated carbocycles. The first kappa shape index (κ1) is 11.2. The van der Waals surface area contributed by atoms with Crippen molar-refractivity contribution in [3.8, 4) is 0 Å². The molecular formula is C10H10BrF2N. The molecule has 0 aliphatic carbocycles. The molecule has 0 bridgehead atoms. The average molecular weight is 262 g/mol. The van der Waals surface area contributed by atoms with Gasteiger partial charge in [0.2, 0.25) is 0 Å². The van der Waals surface area contributed by atoms with Crippen LogP contribution in [0.25, 0.3) is 0 Å². The van der Waals surface area contributed by atoms with Gasteiger partial charge in [-0.1, -0.05) is 6.07 Å². The van der Waals surface area contributed by atoms with Crippen molar-refractivity contribution in [1.82, 2.24) is 0 Å². The summed E-state index contributed by atoms with van der Waals surface area (Å²) in [5, 5.41) is 2.88. The Morgan fingerprint density at radius 2 is 2.21 bits per heavy atom.